The van der Waals surface area contributed by atoms with Gasteiger partial charge in [-0.05, 0) is 44.2 Å². The molecule has 9 nitrogen and oxygen atoms in total. The number of ether oxygens (including phenoxy) is 1. The third-order valence-corrected chi connectivity index (χ3v) is 8.78. The van der Waals surface area contributed by atoms with Crippen LogP contribution in [0.1, 0.15) is 69.9 Å². The summed E-state index contributed by atoms with van der Waals surface area (Å²) in [5.41, 5.74) is 0.166. The lowest BCUT2D eigenvalue weighted by atomic mass is 9.82. The summed E-state index contributed by atoms with van der Waals surface area (Å²) in [7, 11) is 1.56. The van der Waals surface area contributed by atoms with E-state index >= 15 is 0 Å². The first-order valence-corrected chi connectivity index (χ1v) is 15.8. The van der Waals surface area contributed by atoms with Crippen LogP contribution >= 0.6 is 0 Å². The van der Waals surface area contributed by atoms with Gasteiger partial charge in [0.15, 0.2) is 0 Å². The van der Waals surface area contributed by atoms with Gasteiger partial charge in [0.1, 0.15) is 24.4 Å². The molecule has 0 saturated heterocycles. The molecule has 0 aromatic heterocycles. The molecule has 3 amide bonds. The molecule has 9 heteroatoms. The number of nitrogens with zero attached hydrogens (tertiary/aromatic N) is 1. The van der Waals surface area contributed by atoms with Gasteiger partial charge >= 0.3 is 0 Å². The van der Waals surface area contributed by atoms with E-state index in [2.05, 4.69) is 16.0 Å². The van der Waals surface area contributed by atoms with Gasteiger partial charge in [-0.25, -0.2) is 0 Å². The van der Waals surface area contributed by atoms with Gasteiger partial charge in [-0.3, -0.25) is 14.4 Å². The maximum atomic E-state index is 14.2. The lowest BCUT2D eigenvalue weighted by Gasteiger charge is -2.40. The summed E-state index contributed by atoms with van der Waals surface area (Å²) < 4.78 is 6.11. The maximum Gasteiger partial charge on any atom is 0.246 e. The minimum Gasteiger partial charge on any atom is -0.492 e. The van der Waals surface area contributed by atoms with Crippen molar-refractivity contribution in [3.63, 3.8) is 0 Å². The molecule has 1 aliphatic carbocycles. The van der Waals surface area contributed by atoms with Gasteiger partial charge in [-0.15, -0.1) is 0 Å². The normalized spacial score (nSPS) is 25.0. The van der Waals surface area contributed by atoms with Crippen molar-refractivity contribution in [3.05, 3.63) is 71.8 Å². The van der Waals surface area contributed by atoms with Crippen molar-refractivity contribution in [1.29, 1.82) is 0 Å². The Morgan fingerprint density at radius 3 is 2.34 bits per heavy atom. The van der Waals surface area contributed by atoms with Gasteiger partial charge < -0.3 is 30.7 Å². The van der Waals surface area contributed by atoms with Crippen molar-refractivity contribution in [2.24, 2.45) is 5.92 Å². The number of benzene rings is 2. The molecule has 1 fully saturated rings. The summed E-state index contributed by atoms with van der Waals surface area (Å²) in [4.78, 5) is 43.2. The summed E-state index contributed by atoms with van der Waals surface area (Å²) in [5.74, 6) is -0.797. The van der Waals surface area contributed by atoms with Gasteiger partial charge in [0.25, 0.3) is 0 Å². The van der Waals surface area contributed by atoms with E-state index in [1.54, 1.807) is 7.05 Å². The number of para-hydroxylation sites is 1. The van der Waals surface area contributed by atoms with Crippen LogP contribution in [0, 0.1) is 5.92 Å². The van der Waals surface area contributed by atoms with E-state index in [4.69, 9.17) is 4.74 Å². The summed E-state index contributed by atoms with van der Waals surface area (Å²) in [5, 5.41) is 20.5. The minimum absolute atomic E-state index is 0.0988. The van der Waals surface area contributed by atoms with E-state index in [0.717, 1.165) is 43.2 Å². The van der Waals surface area contributed by atoms with Crippen molar-refractivity contribution >= 4 is 23.8 Å². The smallest absolute Gasteiger partial charge is 0.246 e. The van der Waals surface area contributed by atoms with Crippen LogP contribution < -0.4 is 20.7 Å². The van der Waals surface area contributed by atoms with E-state index in [0.29, 0.717) is 18.9 Å². The van der Waals surface area contributed by atoms with E-state index in [-0.39, 0.29) is 30.2 Å². The first-order chi connectivity index (χ1) is 21.1. The molecule has 44 heavy (non-hydrogen) atoms. The maximum absolute atomic E-state index is 14.2. The first kappa shape index (κ1) is 33.2. The average Bonchev–Trinajstić information content (AvgIpc) is 3.01. The van der Waals surface area contributed by atoms with Gasteiger partial charge in [0.05, 0.1) is 11.6 Å². The van der Waals surface area contributed by atoms with Crippen LogP contribution in [0.15, 0.2) is 60.7 Å². The molecule has 2 aromatic carbocycles. The number of aliphatic hydroxyl groups is 1. The lowest BCUT2D eigenvalue weighted by Crippen LogP contribution is -2.64. The zero-order valence-corrected chi connectivity index (χ0v) is 26.4. The molecule has 1 heterocycles. The Kier molecular flexibility index (Phi) is 11.6. The van der Waals surface area contributed by atoms with E-state index in [1.807, 2.05) is 73.7 Å². The predicted molar refractivity (Wildman–Crippen MR) is 172 cm³/mol. The molecular weight excluding hydrogens is 556 g/mol. The molecule has 2 aliphatic rings. The quantitative estimate of drug-likeness (QED) is 0.423. The number of carbonyl (C=O) groups excluding carboxylic acids is 3. The largest absolute Gasteiger partial charge is 0.492 e. The summed E-state index contributed by atoms with van der Waals surface area (Å²) in [6.07, 6.45) is 8.77. The number of nitrogens with one attached hydrogen (secondary N) is 3. The minimum atomic E-state index is -1.58. The Hall–Kier alpha value is -3.69. The van der Waals surface area contributed by atoms with E-state index < -0.39 is 29.6 Å². The molecule has 1 unspecified atom stereocenters. The summed E-state index contributed by atoms with van der Waals surface area (Å²) >= 11 is 0. The number of amides is 3. The third kappa shape index (κ3) is 8.48. The van der Waals surface area contributed by atoms with Crippen LogP contribution in [0.4, 0.5) is 0 Å². The van der Waals surface area contributed by atoms with Crippen LogP contribution in [-0.4, -0.2) is 78.2 Å². The molecule has 0 radical (unpaired) electrons. The highest BCUT2D eigenvalue weighted by atomic mass is 16.5. The number of likely N-dealkylation sites (N-methyl/N-ethyl adjacent to an activating group) is 1. The molecule has 0 spiro atoms. The van der Waals surface area contributed by atoms with Gasteiger partial charge in [0.2, 0.25) is 17.7 Å². The van der Waals surface area contributed by atoms with Gasteiger partial charge in [-0.2, -0.15) is 0 Å². The van der Waals surface area contributed by atoms with E-state index in [1.165, 1.54) is 18.7 Å². The van der Waals surface area contributed by atoms with Crippen molar-refractivity contribution in [2.75, 3.05) is 26.7 Å². The average molecular weight is 605 g/mol. The van der Waals surface area contributed by atoms with Gasteiger partial charge in [0, 0.05) is 31.6 Å². The van der Waals surface area contributed by atoms with Crippen LogP contribution in [0.3, 0.4) is 0 Å². The van der Waals surface area contributed by atoms with E-state index in [9.17, 15) is 19.5 Å². The molecule has 1 aliphatic heterocycles. The Morgan fingerprint density at radius 1 is 0.955 bits per heavy atom. The second kappa shape index (κ2) is 15.3. The van der Waals surface area contributed by atoms with Crippen molar-refractivity contribution < 1.29 is 24.2 Å². The molecule has 1 saturated carbocycles. The van der Waals surface area contributed by atoms with Crippen LogP contribution in [-0.2, 0) is 14.4 Å². The SMILES string of the molecule is CC(c1ccccc1)[C@H]1NC(=O)[C@H](C(C)(C)O)N(C)C(=O)[C@H](C2CCCCC2)NCCOc2ccccc2/C=C/CNC1=O. The van der Waals surface area contributed by atoms with Crippen LogP contribution in [0.2, 0.25) is 0 Å². The Labute approximate surface area is 261 Å². The summed E-state index contributed by atoms with van der Waals surface area (Å²) in [6.45, 7) is 5.93. The lowest BCUT2D eigenvalue weighted by molar-refractivity contribution is -0.151. The number of rotatable bonds is 4. The van der Waals surface area contributed by atoms with Crippen LogP contribution in [0.25, 0.3) is 6.08 Å². The fraction of sp³-hybridized carbons (Fsp3) is 0.514. The predicted octanol–water partition coefficient (Wildman–Crippen LogP) is 3.63. The molecule has 4 atom stereocenters. The monoisotopic (exact) mass is 604 g/mol. The number of hydrogen-bond donors (Lipinski definition) is 4. The molecule has 2 aromatic rings. The Bertz CT molecular complexity index is 1290. The summed E-state index contributed by atoms with van der Waals surface area (Å²) in [6, 6.07) is 14.4. The zero-order chi connectivity index (χ0) is 31.7. The highest BCUT2D eigenvalue weighted by molar-refractivity contribution is 5.94. The van der Waals surface area contributed by atoms with Crippen LogP contribution in [0.5, 0.6) is 5.75 Å². The molecule has 4 rings (SSSR count). The molecule has 238 valence electrons. The standard InChI is InChI=1S/C35H48N4O5/c1-24(25-14-7-5-8-15-25)29-32(40)37-21-13-19-26-16-11-12-20-28(26)44-23-22-36-30(27-17-9-6-10-18-27)34(42)39(4)31(33(41)38-29)35(2,3)43/h5,7-8,11-16,19-20,24,27,29-31,36,43H,6,9-10,17-18,21-23H2,1-4H3,(H,37,40)(H,38,41)/b19-13+/t24?,29-,30+,31-/m1/s1. The number of fused-ring (bicyclic) bond motifs is 1. The third-order valence-electron chi connectivity index (χ3n) is 8.78. The Morgan fingerprint density at radius 2 is 1.64 bits per heavy atom. The van der Waals surface area contributed by atoms with Crippen molar-refractivity contribution in [2.45, 2.75) is 82.5 Å². The zero-order valence-electron chi connectivity index (χ0n) is 26.4. The van der Waals surface area contributed by atoms with Crippen molar-refractivity contribution in [1.82, 2.24) is 20.9 Å². The molecule has 0 bridgehead atoms. The first-order valence-electron chi connectivity index (χ1n) is 15.8. The fourth-order valence-corrected chi connectivity index (χ4v) is 6.42. The fourth-order valence-electron chi connectivity index (χ4n) is 6.42. The highest BCUT2D eigenvalue weighted by Gasteiger charge is 2.43. The topological polar surface area (TPSA) is 120 Å². The van der Waals surface area contributed by atoms with Crippen molar-refractivity contribution in [3.8, 4) is 5.75 Å². The highest BCUT2D eigenvalue weighted by Crippen LogP contribution is 2.29. The Balaban J connectivity index is 1.71. The number of carbonyl (C=O) groups is 3. The molecule has 4 N–H and O–H groups in total. The second-order valence-electron chi connectivity index (χ2n) is 12.6. The number of hydrogen-bond acceptors (Lipinski definition) is 6. The second-order valence-corrected chi connectivity index (χ2v) is 12.6. The van der Waals surface area contributed by atoms with Gasteiger partial charge in [-0.1, -0.05) is 86.9 Å². The molecular formula is C35H48N4O5.